The number of hydrogen-bond donors (Lipinski definition) is 2. The monoisotopic (exact) mass is 344 g/mol. The molecule has 0 unspecified atom stereocenters. The Morgan fingerprint density at radius 1 is 1.29 bits per heavy atom. The maximum atomic E-state index is 9.08. The zero-order valence-corrected chi connectivity index (χ0v) is 15.4. The first-order valence-corrected chi connectivity index (χ1v) is 10.0. The molecule has 3 rings (SSSR count). The Balaban J connectivity index is 1.85. The molecule has 0 amide bonds. The maximum absolute atomic E-state index is 9.08. The fourth-order valence-electron chi connectivity index (χ4n) is 3.52. The quantitative estimate of drug-likeness (QED) is 0.759. The van der Waals surface area contributed by atoms with Crippen LogP contribution in [0.15, 0.2) is 18.2 Å². The zero-order valence-electron chi connectivity index (χ0n) is 14.6. The lowest BCUT2D eigenvalue weighted by Crippen LogP contribution is -2.14. The Morgan fingerprint density at radius 3 is 2.92 bits per heavy atom. The highest BCUT2D eigenvalue weighted by Gasteiger charge is 2.22. The van der Waals surface area contributed by atoms with Crippen LogP contribution in [-0.4, -0.2) is 23.2 Å². The van der Waals surface area contributed by atoms with Crippen LogP contribution in [0, 0.1) is 0 Å². The number of aliphatic hydroxyl groups is 1. The molecule has 0 saturated heterocycles. The normalized spacial score (nSPS) is 14.3. The number of aromatic nitrogens is 1. The van der Waals surface area contributed by atoms with Gasteiger partial charge in [-0.1, -0.05) is 31.5 Å². The van der Waals surface area contributed by atoms with Crippen molar-refractivity contribution in [3.63, 3.8) is 0 Å². The van der Waals surface area contributed by atoms with Gasteiger partial charge in [-0.3, -0.25) is 0 Å². The standard InChI is InChI=1S/C20H28N2OS/c1-2-3-6-19-22-18-10-8-15-12-14(16(13-21)5-4-11-23)7-9-17(15)20(18)24-19/h7,9,12,16,23H,2-6,8,10-11,13,21H2,1H3/t16-/m0/s1. The molecule has 1 atom stereocenters. The van der Waals surface area contributed by atoms with Gasteiger partial charge in [0.25, 0.3) is 0 Å². The van der Waals surface area contributed by atoms with Crippen LogP contribution in [0.3, 0.4) is 0 Å². The molecule has 0 spiro atoms. The molecule has 0 aliphatic heterocycles. The van der Waals surface area contributed by atoms with E-state index in [-0.39, 0.29) is 6.61 Å². The Labute approximate surface area is 148 Å². The van der Waals surface area contributed by atoms with Gasteiger partial charge in [0.15, 0.2) is 0 Å². The van der Waals surface area contributed by atoms with Gasteiger partial charge in [-0.15, -0.1) is 11.3 Å². The summed E-state index contributed by atoms with van der Waals surface area (Å²) < 4.78 is 0. The van der Waals surface area contributed by atoms with Crippen molar-refractivity contribution in [2.45, 2.75) is 57.8 Å². The molecule has 1 aromatic carbocycles. The highest BCUT2D eigenvalue weighted by atomic mass is 32.1. The van der Waals surface area contributed by atoms with E-state index in [1.807, 2.05) is 11.3 Å². The second-order valence-electron chi connectivity index (χ2n) is 6.70. The Morgan fingerprint density at radius 2 is 2.17 bits per heavy atom. The minimum atomic E-state index is 0.242. The summed E-state index contributed by atoms with van der Waals surface area (Å²) >= 11 is 1.88. The molecule has 0 bridgehead atoms. The number of hydrogen-bond acceptors (Lipinski definition) is 4. The van der Waals surface area contributed by atoms with Gasteiger partial charge < -0.3 is 10.8 Å². The lowest BCUT2D eigenvalue weighted by Gasteiger charge is -2.20. The van der Waals surface area contributed by atoms with Crippen molar-refractivity contribution in [2.75, 3.05) is 13.2 Å². The number of aryl methyl sites for hydroxylation is 3. The summed E-state index contributed by atoms with van der Waals surface area (Å²) in [6.07, 6.45) is 7.46. The molecule has 0 saturated carbocycles. The summed E-state index contributed by atoms with van der Waals surface area (Å²) in [6.45, 7) is 3.12. The van der Waals surface area contributed by atoms with Gasteiger partial charge >= 0.3 is 0 Å². The predicted octanol–water partition coefficient (Wildman–Crippen LogP) is 4.07. The molecule has 1 heterocycles. The molecule has 1 aliphatic rings. The van der Waals surface area contributed by atoms with Gasteiger partial charge in [0.1, 0.15) is 0 Å². The van der Waals surface area contributed by atoms with E-state index in [2.05, 4.69) is 25.1 Å². The Kier molecular flexibility index (Phi) is 6.04. The van der Waals surface area contributed by atoms with Crippen molar-refractivity contribution in [3.05, 3.63) is 40.0 Å². The predicted molar refractivity (Wildman–Crippen MR) is 102 cm³/mol. The molecule has 24 heavy (non-hydrogen) atoms. The van der Waals surface area contributed by atoms with Crippen LogP contribution in [0.1, 0.15) is 60.4 Å². The Bertz CT molecular complexity index is 680. The lowest BCUT2D eigenvalue weighted by molar-refractivity contribution is 0.280. The van der Waals surface area contributed by atoms with Crippen molar-refractivity contribution < 1.29 is 5.11 Å². The van der Waals surface area contributed by atoms with Crippen LogP contribution in [-0.2, 0) is 19.3 Å². The Hall–Kier alpha value is -1.23. The van der Waals surface area contributed by atoms with Crippen LogP contribution in [0.4, 0.5) is 0 Å². The molecule has 3 nitrogen and oxygen atoms in total. The second-order valence-corrected chi connectivity index (χ2v) is 7.79. The molecule has 1 aliphatic carbocycles. The van der Waals surface area contributed by atoms with Crippen LogP contribution >= 0.6 is 11.3 Å². The first kappa shape index (κ1) is 17.6. The van der Waals surface area contributed by atoms with E-state index in [1.54, 1.807) is 0 Å². The fourth-order valence-corrected chi connectivity index (χ4v) is 4.74. The third-order valence-corrected chi connectivity index (χ3v) is 6.15. The third kappa shape index (κ3) is 3.71. The van der Waals surface area contributed by atoms with Crippen molar-refractivity contribution in [1.82, 2.24) is 4.98 Å². The molecule has 0 radical (unpaired) electrons. The van der Waals surface area contributed by atoms with Crippen LogP contribution in [0.25, 0.3) is 10.4 Å². The summed E-state index contributed by atoms with van der Waals surface area (Å²) in [7, 11) is 0. The molecule has 4 heteroatoms. The second kappa shape index (κ2) is 8.24. The number of rotatable bonds is 8. The van der Waals surface area contributed by atoms with E-state index < -0.39 is 0 Å². The van der Waals surface area contributed by atoms with E-state index in [9.17, 15) is 0 Å². The molecular weight excluding hydrogens is 316 g/mol. The fraction of sp³-hybridized carbons (Fsp3) is 0.550. The average molecular weight is 345 g/mol. The van der Waals surface area contributed by atoms with Crippen molar-refractivity contribution >= 4 is 11.3 Å². The topological polar surface area (TPSA) is 59.1 Å². The van der Waals surface area contributed by atoms with Crippen molar-refractivity contribution in [1.29, 1.82) is 0 Å². The number of nitrogens with two attached hydrogens (primary N) is 1. The minimum Gasteiger partial charge on any atom is -0.396 e. The van der Waals surface area contributed by atoms with Crippen molar-refractivity contribution in [2.24, 2.45) is 5.73 Å². The van der Waals surface area contributed by atoms with Gasteiger partial charge in [0.2, 0.25) is 0 Å². The number of thiazole rings is 1. The van der Waals surface area contributed by atoms with Gasteiger partial charge in [-0.2, -0.15) is 0 Å². The van der Waals surface area contributed by atoms with Gasteiger partial charge in [-0.05, 0) is 67.7 Å². The molecule has 0 fully saturated rings. The number of benzene rings is 1. The first-order valence-electron chi connectivity index (χ1n) is 9.19. The highest BCUT2D eigenvalue weighted by molar-refractivity contribution is 7.15. The number of fused-ring (bicyclic) bond motifs is 3. The molecule has 130 valence electrons. The van der Waals surface area contributed by atoms with E-state index in [0.29, 0.717) is 12.5 Å². The summed E-state index contributed by atoms with van der Waals surface area (Å²) in [5, 5.41) is 10.4. The molecular formula is C20H28N2OS. The number of unbranched alkanes of at least 4 members (excludes halogenated alkanes) is 1. The van der Waals surface area contributed by atoms with E-state index >= 15 is 0 Å². The van der Waals surface area contributed by atoms with E-state index in [1.165, 1.54) is 45.1 Å². The lowest BCUT2D eigenvalue weighted by atomic mass is 9.87. The number of aliphatic hydroxyl groups excluding tert-OH is 1. The minimum absolute atomic E-state index is 0.242. The number of nitrogens with zero attached hydrogens (tertiary/aromatic N) is 1. The molecule has 3 N–H and O–H groups in total. The highest BCUT2D eigenvalue weighted by Crippen LogP contribution is 2.39. The van der Waals surface area contributed by atoms with E-state index in [4.69, 9.17) is 15.8 Å². The van der Waals surface area contributed by atoms with Crippen LogP contribution in [0.2, 0.25) is 0 Å². The van der Waals surface area contributed by atoms with Gasteiger partial charge in [-0.25, -0.2) is 4.98 Å². The van der Waals surface area contributed by atoms with Gasteiger partial charge in [0, 0.05) is 6.61 Å². The first-order chi connectivity index (χ1) is 11.8. The van der Waals surface area contributed by atoms with Crippen molar-refractivity contribution in [3.8, 4) is 10.4 Å². The molecule has 1 aromatic heterocycles. The smallest absolute Gasteiger partial charge is 0.0934 e. The largest absolute Gasteiger partial charge is 0.396 e. The molecule has 2 aromatic rings. The summed E-state index contributed by atoms with van der Waals surface area (Å²) in [5.41, 5.74) is 11.4. The average Bonchev–Trinajstić information content (AvgIpc) is 3.03. The SMILES string of the molecule is CCCCc1nc2c(s1)-c1ccc([C@H](CN)CCCO)cc1CC2. The maximum Gasteiger partial charge on any atom is 0.0934 e. The summed E-state index contributed by atoms with van der Waals surface area (Å²) in [4.78, 5) is 6.26. The van der Waals surface area contributed by atoms with Crippen LogP contribution in [0.5, 0.6) is 0 Å². The summed E-state index contributed by atoms with van der Waals surface area (Å²) in [6, 6.07) is 6.85. The van der Waals surface area contributed by atoms with E-state index in [0.717, 1.165) is 32.1 Å². The van der Waals surface area contributed by atoms with Crippen LogP contribution < -0.4 is 5.73 Å². The summed E-state index contributed by atoms with van der Waals surface area (Å²) in [5.74, 6) is 0.352. The zero-order chi connectivity index (χ0) is 16.9. The van der Waals surface area contributed by atoms with Gasteiger partial charge in [0.05, 0.1) is 15.6 Å². The third-order valence-electron chi connectivity index (χ3n) is 4.96.